The molecule has 0 radical (unpaired) electrons. The first-order valence-corrected chi connectivity index (χ1v) is 8.74. The normalized spacial score (nSPS) is 15.7. The van der Waals surface area contributed by atoms with E-state index in [0.717, 1.165) is 11.8 Å². The molecule has 0 aromatic heterocycles. The molecule has 5 nitrogen and oxygen atoms in total. The highest BCUT2D eigenvalue weighted by Crippen LogP contribution is 2.36. The van der Waals surface area contributed by atoms with Gasteiger partial charge in [0.2, 0.25) is 0 Å². The van der Waals surface area contributed by atoms with Crippen LogP contribution >= 0.6 is 24.0 Å². The number of carboxylic acids is 1. The number of thiocarbonyl (C=S) groups is 1. The number of benzene rings is 2. The Morgan fingerprint density at radius 3 is 2.56 bits per heavy atom. The van der Waals surface area contributed by atoms with E-state index in [-0.39, 0.29) is 21.5 Å². The van der Waals surface area contributed by atoms with Crippen molar-refractivity contribution < 1.29 is 28.2 Å². The third-order valence-corrected chi connectivity index (χ3v) is 4.85. The smallest absolute Gasteiger partial charge is 0.387 e. The number of hydrogen-bond donors (Lipinski definition) is 1. The summed E-state index contributed by atoms with van der Waals surface area (Å²) < 4.78 is 28.9. The number of rotatable bonds is 5. The van der Waals surface area contributed by atoms with E-state index in [0.29, 0.717) is 16.2 Å². The third-order valence-electron chi connectivity index (χ3n) is 3.55. The van der Waals surface area contributed by atoms with Crippen molar-refractivity contribution in [2.75, 3.05) is 4.90 Å². The average molecular weight is 407 g/mol. The second-order valence-corrected chi connectivity index (χ2v) is 7.00. The molecule has 1 N–H and O–H groups in total. The predicted octanol–water partition coefficient (Wildman–Crippen LogP) is 4.39. The lowest BCUT2D eigenvalue weighted by Crippen LogP contribution is -2.27. The molecule has 1 aliphatic heterocycles. The largest absolute Gasteiger partial charge is 0.478 e. The Morgan fingerprint density at radius 2 is 1.93 bits per heavy atom. The lowest BCUT2D eigenvalue weighted by molar-refractivity contribution is -0.113. The highest BCUT2D eigenvalue weighted by molar-refractivity contribution is 8.27. The van der Waals surface area contributed by atoms with Crippen molar-refractivity contribution in [2.24, 2.45) is 0 Å². The number of anilines is 1. The first-order valence-electron chi connectivity index (χ1n) is 7.51. The zero-order valence-electron chi connectivity index (χ0n) is 13.5. The van der Waals surface area contributed by atoms with Crippen LogP contribution in [-0.4, -0.2) is 27.9 Å². The maximum absolute atomic E-state index is 12.7. The highest BCUT2D eigenvalue weighted by Gasteiger charge is 2.33. The molecule has 2 aromatic rings. The number of thioether (sulfide) groups is 1. The molecular weight excluding hydrogens is 396 g/mol. The molecule has 0 aliphatic carbocycles. The Labute approximate surface area is 162 Å². The molecule has 9 heteroatoms. The molecular formula is C18H11F2NO4S2. The number of carbonyl (C=O) groups is 2. The zero-order chi connectivity index (χ0) is 19.6. The summed E-state index contributed by atoms with van der Waals surface area (Å²) in [5.41, 5.74) is 1.01. The van der Waals surface area contributed by atoms with E-state index in [2.05, 4.69) is 4.74 Å². The summed E-state index contributed by atoms with van der Waals surface area (Å²) in [6.07, 6.45) is 1.58. The van der Waals surface area contributed by atoms with E-state index in [1.165, 1.54) is 47.4 Å². The Kier molecular flexibility index (Phi) is 5.52. The van der Waals surface area contributed by atoms with Gasteiger partial charge < -0.3 is 9.84 Å². The molecule has 1 aliphatic rings. The minimum atomic E-state index is -2.91. The average Bonchev–Trinajstić information content (AvgIpc) is 2.90. The first kappa shape index (κ1) is 19.0. The number of halogens is 2. The van der Waals surface area contributed by atoms with Crippen molar-refractivity contribution >= 4 is 51.9 Å². The van der Waals surface area contributed by atoms with Gasteiger partial charge in [-0.1, -0.05) is 42.2 Å². The van der Waals surface area contributed by atoms with Crippen molar-refractivity contribution in [1.82, 2.24) is 0 Å². The van der Waals surface area contributed by atoms with Crippen molar-refractivity contribution in [3.8, 4) is 5.75 Å². The van der Waals surface area contributed by atoms with Gasteiger partial charge in [0.25, 0.3) is 5.91 Å². The van der Waals surface area contributed by atoms with Crippen LogP contribution in [0.4, 0.5) is 14.5 Å². The van der Waals surface area contributed by atoms with Gasteiger partial charge in [-0.2, -0.15) is 8.78 Å². The van der Waals surface area contributed by atoms with Crippen LogP contribution in [0.15, 0.2) is 53.4 Å². The molecule has 27 heavy (non-hydrogen) atoms. The SMILES string of the molecule is O=C(O)c1cccc(N2C(=O)C(=Cc3ccc(OC(F)F)cc3)SC2=S)c1. The first-order chi connectivity index (χ1) is 12.8. The minimum Gasteiger partial charge on any atom is -0.478 e. The standard InChI is InChI=1S/C18H11F2NO4S2/c19-17(20)25-13-6-4-10(5-7-13)8-14-15(22)21(18(26)27-14)12-3-1-2-11(9-12)16(23)24/h1-9,17H,(H,23,24). The Bertz CT molecular complexity index is 945. The van der Waals surface area contributed by atoms with E-state index < -0.39 is 12.6 Å². The van der Waals surface area contributed by atoms with E-state index >= 15 is 0 Å². The third kappa shape index (κ3) is 4.32. The van der Waals surface area contributed by atoms with Crippen LogP contribution in [0.5, 0.6) is 5.75 Å². The van der Waals surface area contributed by atoms with Gasteiger partial charge in [-0.3, -0.25) is 9.69 Å². The summed E-state index contributed by atoms with van der Waals surface area (Å²) in [5, 5.41) is 9.10. The lowest BCUT2D eigenvalue weighted by Gasteiger charge is -2.14. The number of carboxylic acid groups (broad SMARTS) is 1. The van der Waals surface area contributed by atoms with Gasteiger partial charge in [0.05, 0.1) is 16.2 Å². The number of nitrogens with zero attached hydrogens (tertiary/aromatic N) is 1. The fourth-order valence-electron chi connectivity index (χ4n) is 2.37. The monoisotopic (exact) mass is 407 g/mol. The van der Waals surface area contributed by atoms with E-state index in [9.17, 15) is 18.4 Å². The zero-order valence-corrected chi connectivity index (χ0v) is 15.1. The molecule has 0 atom stereocenters. The fraction of sp³-hybridized carbons (Fsp3) is 0.0556. The maximum Gasteiger partial charge on any atom is 0.387 e. The second-order valence-electron chi connectivity index (χ2n) is 5.32. The van der Waals surface area contributed by atoms with Crippen molar-refractivity contribution in [3.63, 3.8) is 0 Å². The van der Waals surface area contributed by atoms with E-state index in [1.807, 2.05) is 0 Å². The number of hydrogen-bond acceptors (Lipinski definition) is 5. The molecule has 138 valence electrons. The summed E-state index contributed by atoms with van der Waals surface area (Å²) in [6.45, 7) is -2.91. The van der Waals surface area contributed by atoms with Crippen LogP contribution in [0.3, 0.4) is 0 Å². The molecule has 1 saturated heterocycles. The number of aromatic carboxylic acids is 1. The summed E-state index contributed by atoms with van der Waals surface area (Å²) in [6, 6.07) is 11.7. The van der Waals surface area contributed by atoms with Gasteiger partial charge in [0, 0.05) is 0 Å². The molecule has 2 aromatic carbocycles. The molecule has 0 bridgehead atoms. The van der Waals surface area contributed by atoms with Gasteiger partial charge in [0.1, 0.15) is 5.75 Å². The predicted molar refractivity (Wildman–Crippen MR) is 102 cm³/mol. The van der Waals surface area contributed by atoms with Crippen molar-refractivity contribution in [1.29, 1.82) is 0 Å². The molecule has 3 rings (SSSR count). The molecule has 0 spiro atoms. The highest BCUT2D eigenvalue weighted by atomic mass is 32.2. The quantitative estimate of drug-likeness (QED) is 0.586. The number of alkyl halides is 2. The van der Waals surface area contributed by atoms with Gasteiger partial charge in [0.15, 0.2) is 4.32 Å². The maximum atomic E-state index is 12.7. The van der Waals surface area contributed by atoms with Gasteiger partial charge in [-0.05, 0) is 42.0 Å². The van der Waals surface area contributed by atoms with E-state index in [1.54, 1.807) is 12.1 Å². The molecule has 1 heterocycles. The van der Waals surface area contributed by atoms with Crippen molar-refractivity contribution in [3.05, 3.63) is 64.6 Å². The van der Waals surface area contributed by atoms with Gasteiger partial charge in [-0.15, -0.1) is 0 Å². The van der Waals surface area contributed by atoms with Crippen LogP contribution in [0, 0.1) is 0 Å². The van der Waals surface area contributed by atoms with Gasteiger partial charge >= 0.3 is 12.6 Å². The molecule has 1 fully saturated rings. The fourth-order valence-corrected chi connectivity index (χ4v) is 3.66. The number of ether oxygens (including phenoxy) is 1. The molecule has 1 amide bonds. The summed E-state index contributed by atoms with van der Waals surface area (Å²) in [5.74, 6) is -1.48. The van der Waals surface area contributed by atoms with Crippen LogP contribution in [0.25, 0.3) is 6.08 Å². The van der Waals surface area contributed by atoms with Crippen molar-refractivity contribution in [2.45, 2.75) is 6.61 Å². The topological polar surface area (TPSA) is 66.8 Å². The number of amides is 1. The summed E-state index contributed by atoms with van der Waals surface area (Å²) in [4.78, 5) is 25.4. The molecule has 0 saturated carbocycles. The van der Waals surface area contributed by atoms with Crippen LogP contribution in [-0.2, 0) is 4.79 Å². The molecule has 0 unspecified atom stereocenters. The Balaban J connectivity index is 1.84. The Morgan fingerprint density at radius 1 is 1.22 bits per heavy atom. The van der Waals surface area contributed by atoms with Crippen LogP contribution in [0.1, 0.15) is 15.9 Å². The summed E-state index contributed by atoms with van der Waals surface area (Å²) in [7, 11) is 0. The van der Waals surface area contributed by atoms with E-state index in [4.69, 9.17) is 17.3 Å². The minimum absolute atomic E-state index is 0.0141. The summed E-state index contributed by atoms with van der Waals surface area (Å²) >= 11 is 6.32. The van der Waals surface area contributed by atoms with Crippen LogP contribution < -0.4 is 9.64 Å². The van der Waals surface area contributed by atoms with Gasteiger partial charge in [-0.25, -0.2) is 4.79 Å². The Hall–Kier alpha value is -2.78. The number of carbonyl (C=O) groups excluding carboxylic acids is 1. The lowest BCUT2D eigenvalue weighted by atomic mass is 10.2. The van der Waals surface area contributed by atoms with Crippen LogP contribution in [0.2, 0.25) is 0 Å². The second kappa shape index (κ2) is 7.85.